The molecular formula is C19H19NO2S. The molecular weight excluding hydrogens is 306 g/mol. The number of rotatable bonds is 4. The van der Waals surface area contributed by atoms with E-state index in [1.165, 1.54) is 10.5 Å². The zero-order chi connectivity index (χ0) is 15.6. The van der Waals surface area contributed by atoms with Crippen molar-refractivity contribution in [2.45, 2.75) is 48.4 Å². The number of hydrogen-bond acceptors (Lipinski definition) is 4. The summed E-state index contributed by atoms with van der Waals surface area (Å²) in [6, 6.07) is 10.4. The molecule has 0 unspecified atom stereocenters. The molecule has 2 aromatic rings. The third-order valence-electron chi connectivity index (χ3n) is 4.61. The molecule has 2 aliphatic rings. The highest BCUT2D eigenvalue weighted by molar-refractivity contribution is 8.00. The molecule has 0 saturated heterocycles. The molecule has 1 aromatic carbocycles. The first-order chi connectivity index (χ1) is 11.3. The van der Waals surface area contributed by atoms with Crippen molar-refractivity contribution in [3.8, 4) is 0 Å². The van der Waals surface area contributed by atoms with Crippen LogP contribution in [0.5, 0.6) is 0 Å². The quantitative estimate of drug-likeness (QED) is 0.795. The number of aryl methyl sites for hydroxylation is 1. The Hall–Kier alpha value is -1.81. The Labute approximate surface area is 140 Å². The summed E-state index contributed by atoms with van der Waals surface area (Å²) in [4.78, 5) is 17.9. The second-order valence-corrected chi connectivity index (χ2v) is 7.60. The monoisotopic (exact) mass is 325 g/mol. The fourth-order valence-electron chi connectivity index (χ4n) is 3.29. The molecule has 23 heavy (non-hydrogen) atoms. The lowest BCUT2D eigenvalue weighted by Crippen LogP contribution is -2.35. The van der Waals surface area contributed by atoms with E-state index in [2.05, 4.69) is 29.2 Å². The lowest BCUT2D eigenvalue weighted by Gasteiger charge is -2.34. The summed E-state index contributed by atoms with van der Waals surface area (Å²) in [5, 5.41) is 0.551. The number of pyridine rings is 1. The van der Waals surface area contributed by atoms with Gasteiger partial charge in [0.2, 0.25) is 0 Å². The summed E-state index contributed by atoms with van der Waals surface area (Å²) in [5.41, 5.74) is 3.05. The van der Waals surface area contributed by atoms with Crippen molar-refractivity contribution in [1.82, 2.24) is 4.98 Å². The third-order valence-corrected chi connectivity index (χ3v) is 5.87. The van der Waals surface area contributed by atoms with Crippen LogP contribution < -0.4 is 0 Å². The zero-order valence-electron chi connectivity index (χ0n) is 12.9. The summed E-state index contributed by atoms with van der Waals surface area (Å²) in [7, 11) is 0. The van der Waals surface area contributed by atoms with Crippen LogP contribution in [0, 0.1) is 0 Å². The Balaban J connectivity index is 1.32. The van der Waals surface area contributed by atoms with Gasteiger partial charge in [-0.2, -0.15) is 0 Å². The van der Waals surface area contributed by atoms with Gasteiger partial charge in [-0.3, -0.25) is 4.98 Å². The number of carbonyl (C=O) groups excluding carboxylic acids is 1. The lowest BCUT2D eigenvalue weighted by atomic mass is 9.95. The van der Waals surface area contributed by atoms with Crippen molar-refractivity contribution in [3.63, 3.8) is 0 Å². The van der Waals surface area contributed by atoms with Gasteiger partial charge in [0.1, 0.15) is 6.10 Å². The Bertz CT molecular complexity index is 711. The highest BCUT2D eigenvalue weighted by Gasteiger charge is 2.34. The van der Waals surface area contributed by atoms with Gasteiger partial charge in [0.05, 0.1) is 5.56 Å². The van der Waals surface area contributed by atoms with E-state index < -0.39 is 0 Å². The molecule has 0 radical (unpaired) electrons. The molecule has 0 atom stereocenters. The van der Waals surface area contributed by atoms with Crippen LogP contribution in [0.2, 0.25) is 0 Å². The van der Waals surface area contributed by atoms with Crippen molar-refractivity contribution in [2.24, 2.45) is 0 Å². The Morgan fingerprint density at radius 1 is 1.13 bits per heavy atom. The Morgan fingerprint density at radius 3 is 2.78 bits per heavy atom. The molecule has 0 bridgehead atoms. The van der Waals surface area contributed by atoms with Crippen molar-refractivity contribution in [3.05, 3.63) is 59.4 Å². The van der Waals surface area contributed by atoms with Gasteiger partial charge in [-0.15, -0.1) is 11.8 Å². The number of benzene rings is 1. The third kappa shape index (κ3) is 3.13. The molecule has 2 aliphatic carbocycles. The van der Waals surface area contributed by atoms with E-state index in [1.54, 1.807) is 6.20 Å². The second-order valence-electron chi connectivity index (χ2n) is 6.23. The number of aromatic nitrogens is 1. The number of ether oxygens (including phenoxy) is 1. The van der Waals surface area contributed by atoms with Crippen LogP contribution in [-0.2, 0) is 17.6 Å². The van der Waals surface area contributed by atoms with Gasteiger partial charge < -0.3 is 4.74 Å². The first kappa shape index (κ1) is 14.8. The van der Waals surface area contributed by atoms with Crippen LogP contribution in [0.4, 0.5) is 0 Å². The number of thioether (sulfide) groups is 1. The van der Waals surface area contributed by atoms with E-state index in [1.807, 2.05) is 24.0 Å². The minimum Gasteiger partial charge on any atom is -0.459 e. The summed E-state index contributed by atoms with van der Waals surface area (Å²) >= 11 is 1.87. The van der Waals surface area contributed by atoms with Crippen molar-refractivity contribution >= 4 is 17.7 Å². The molecule has 0 aliphatic heterocycles. The summed E-state index contributed by atoms with van der Waals surface area (Å²) in [6.07, 6.45) is 8.60. The summed E-state index contributed by atoms with van der Waals surface area (Å²) in [5.74, 6) is -0.190. The molecule has 118 valence electrons. The fraction of sp³-hybridized carbons (Fsp3) is 0.368. The minimum absolute atomic E-state index is 0.0565. The summed E-state index contributed by atoms with van der Waals surface area (Å²) < 4.78 is 5.67. The van der Waals surface area contributed by atoms with Crippen molar-refractivity contribution in [2.75, 3.05) is 0 Å². The van der Waals surface area contributed by atoms with Crippen LogP contribution in [0.1, 0.15) is 40.7 Å². The molecule has 4 rings (SSSR count). The van der Waals surface area contributed by atoms with Crippen LogP contribution >= 0.6 is 11.8 Å². The minimum atomic E-state index is -0.190. The summed E-state index contributed by atoms with van der Waals surface area (Å²) in [6.45, 7) is 0. The SMILES string of the molecule is O=C(OC1CC(Sc2ccccc2)C1)c1cncc2c1CCC2. The van der Waals surface area contributed by atoms with Crippen molar-refractivity contribution in [1.29, 1.82) is 0 Å². The highest BCUT2D eigenvalue weighted by atomic mass is 32.2. The molecule has 1 saturated carbocycles. The topological polar surface area (TPSA) is 39.2 Å². The molecule has 0 spiro atoms. The normalized spacial score (nSPS) is 22.3. The van der Waals surface area contributed by atoms with E-state index in [0.717, 1.165) is 37.7 Å². The van der Waals surface area contributed by atoms with Crippen LogP contribution in [0.3, 0.4) is 0 Å². The number of nitrogens with zero attached hydrogens (tertiary/aromatic N) is 1. The molecule has 3 nitrogen and oxygen atoms in total. The van der Waals surface area contributed by atoms with E-state index >= 15 is 0 Å². The number of esters is 1. The van der Waals surface area contributed by atoms with Gasteiger partial charge in [-0.1, -0.05) is 18.2 Å². The average Bonchev–Trinajstić information content (AvgIpc) is 3.02. The molecule has 1 fully saturated rings. The molecule has 4 heteroatoms. The van der Waals surface area contributed by atoms with Crippen LogP contribution in [0.25, 0.3) is 0 Å². The van der Waals surface area contributed by atoms with E-state index in [0.29, 0.717) is 10.8 Å². The van der Waals surface area contributed by atoms with Gasteiger partial charge in [-0.05, 0) is 55.4 Å². The fourth-order valence-corrected chi connectivity index (χ4v) is 4.61. The van der Waals surface area contributed by atoms with Gasteiger partial charge in [0, 0.05) is 22.5 Å². The maximum atomic E-state index is 12.4. The number of carbonyl (C=O) groups is 1. The van der Waals surface area contributed by atoms with Crippen molar-refractivity contribution < 1.29 is 9.53 Å². The first-order valence-electron chi connectivity index (χ1n) is 8.18. The lowest BCUT2D eigenvalue weighted by molar-refractivity contribution is 0.0108. The molecule has 0 N–H and O–H groups in total. The predicted octanol–water partition coefficient (Wildman–Crippen LogP) is 4.05. The van der Waals surface area contributed by atoms with Gasteiger partial charge in [0.25, 0.3) is 0 Å². The number of hydrogen-bond donors (Lipinski definition) is 0. The Kier molecular flexibility index (Phi) is 4.08. The Morgan fingerprint density at radius 2 is 1.96 bits per heavy atom. The van der Waals surface area contributed by atoms with E-state index in [-0.39, 0.29) is 12.1 Å². The van der Waals surface area contributed by atoms with Crippen LogP contribution in [-0.4, -0.2) is 22.3 Å². The standard InChI is InChI=1S/C19H19NO2S/c21-19(18-12-20-11-13-5-4-8-17(13)18)22-14-9-16(10-14)23-15-6-2-1-3-7-15/h1-3,6-7,11-12,14,16H,4-5,8-10H2. The van der Waals surface area contributed by atoms with E-state index in [4.69, 9.17) is 4.74 Å². The number of fused-ring (bicyclic) bond motifs is 1. The highest BCUT2D eigenvalue weighted by Crippen LogP contribution is 2.38. The largest absolute Gasteiger partial charge is 0.459 e. The molecule has 1 aromatic heterocycles. The van der Waals surface area contributed by atoms with E-state index in [9.17, 15) is 4.79 Å². The maximum absolute atomic E-state index is 12.4. The van der Waals surface area contributed by atoms with Crippen LogP contribution in [0.15, 0.2) is 47.6 Å². The zero-order valence-corrected chi connectivity index (χ0v) is 13.7. The average molecular weight is 325 g/mol. The predicted molar refractivity (Wildman–Crippen MR) is 90.8 cm³/mol. The van der Waals surface area contributed by atoms with Gasteiger partial charge in [-0.25, -0.2) is 4.79 Å². The van der Waals surface area contributed by atoms with Gasteiger partial charge in [0.15, 0.2) is 0 Å². The van der Waals surface area contributed by atoms with Gasteiger partial charge >= 0.3 is 5.97 Å². The first-order valence-corrected chi connectivity index (χ1v) is 9.06. The second kappa shape index (κ2) is 6.36. The molecule has 1 heterocycles. The maximum Gasteiger partial charge on any atom is 0.340 e. The smallest absolute Gasteiger partial charge is 0.340 e. The molecule has 0 amide bonds.